The first-order valence-electron chi connectivity index (χ1n) is 19.8. The first kappa shape index (κ1) is 46.8. The summed E-state index contributed by atoms with van der Waals surface area (Å²) in [7, 11) is 1.63. The number of rotatable bonds is 18. The molecule has 1 aromatic heterocycles. The second-order valence-corrected chi connectivity index (χ2v) is 16.0. The maximum absolute atomic E-state index is 14.3. The molecule has 312 valence electrons. The molecule has 2 N–H and O–H groups in total. The van der Waals surface area contributed by atoms with E-state index in [1.807, 2.05) is 55.1 Å². The minimum Gasteiger partial charge on any atom is -0.496 e. The monoisotopic (exact) mass is 844 g/mol. The number of ether oxygens (including phenoxy) is 3. The maximum atomic E-state index is 14.3. The number of thiophene rings is 1. The number of thioether (sulfide) groups is 1. The molecule has 0 saturated heterocycles. The zero-order valence-electron chi connectivity index (χ0n) is 34.7. The van der Waals surface area contributed by atoms with Crippen molar-refractivity contribution >= 4 is 57.4 Å². The molecule has 0 aliphatic carbocycles. The molecule has 0 fully saturated rings. The average Bonchev–Trinajstić information content (AvgIpc) is 3.72. The Morgan fingerprint density at radius 2 is 1.58 bits per heavy atom. The highest BCUT2D eigenvalue weighted by atomic mass is 32.2. The molecular weight excluding hydrogens is 792 g/mol. The van der Waals surface area contributed by atoms with Gasteiger partial charge in [0.1, 0.15) is 23.6 Å². The first-order valence-corrected chi connectivity index (χ1v) is 21.6. The quantitative estimate of drug-likeness (QED) is 0.0223. The van der Waals surface area contributed by atoms with E-state index in [4.69, 9.17) is 25.0 Å². The van der Waals surface area contributed by atoms with Crippen LogP contribution in [0.15, 0.2) is 132 Å². The molecule has 7 nitrogen and oxygen atoms in total. The van der Waals surface area contributed by atoms with Crippen molar-refractivity contribution in [3.05, 3.63) is 149 Å². The first-order chi connectivity index (χ1) is 29.1. The summed E-state index contributed by atoms with van der Waals surface area (Å²) < 4.78 is 31.4. The fraction of sp³-hybridized carbons (Fsp3) is 0.240. The van der Waals surface area contributed by atoms with Gasteiger partial charge in [0.15, 0.2) is 0 Å². The summed E-state index contributed by atoms with van der Waals surface area (Å²) >= 11 is 3.59. The lowest BCUT2D eigenvalue weighted by atomic mass is 10.0. The van der Waals surface area contributed by atoms with E-state index in [1.165, 1.54) is 51.4 Å². The van der Waals surface area contributed by atoms with Gasteiger partial charge in [-0.1, -0.05) is 80.6 Å². The molecule has 0 unspecified atom stereocenters. The summed E-state index contributed by atoms with van der Waals surface area (Å²) in [4.78, 5) is 24.0. The van der Waals surface area contributed by atoms with Gasteiger partial charge in [-0.05, 0) is 115 Å². The van der Waals surface area contributed by atoms with Crippen LogP contribution in [0.2, 0.25) is 0 Å². The van der Waals surface area contributed by atoms with Gasteiger partial charge in [0, 0.05) is 55.9 Å². The number of halogens is 1. The number of carbonyl (C=O) groups excluding carboxylic acids is 2. The third kappa shape index (κ3) is 14.8. The Balaban J connectivity index is 0.000000212. The second-order valence-electron chi connectivity index (χ2n) is 13.8. The molecule has 1 heterocycles. The van der Waals surface area contributed by atoms with Gasteiger partial charge in [0.2, 0.25) is 0 Å². The van der Waals surface area contributed by atoms with Crippen molar-refractivity contribution in [2.24, 2.45) is 0 Å². The van der Waals surface area contributed by atoms with Crippen molar-refractivity contribution in [2.45, 2.75) is 57.8 Å². The molecule has 0 spiro atoms. The smallest absolute Gasteiger partial charge is 0.333 e. The Hall–Kier alpha value is -5.84. The van der Waals surface area contributed by atoms with Crippen molar-refractivity contribution in [1.82, 2.24) is 0 Å². The van der Waals surface area contributed by atoms with Gasteiger partial charge in [-0.2, -0.15) is 0 Å². The number of esters is 1. The van der Waals surface area contributed by atoms with Gasteiger partial charge < -0.3 is 29.8 Å². The highest BCUT2D eigenvalue weighted by Crippen LogP contribution is 2.29. The van der Waals surface area contributed by atoms with Gasteiger partial charge in [0.25, 0.3) is 0 Å². The molecule has 0 atom stereocenters. The van der Waals surface area contributed by atoms with Crippen LogP contribution in [-0.4, -0.2) is 50.3 Å². The lowest BCUT2D eigenvalue weighted by Crippen LogP contribution is -2.09. The van der Waals surface area contributed by atoms with Crippen LogP contribution >= 0.6 is 23.1 Å². The molecule has 5 aromatic carbocycles. The Morgan fingerprint density at radius 3 is 2.22 bits per heavy atom. The van der Waals surface area contributed by atoms with Gasteiger partial charge in [-0.15, -0.1) is 23.1 Å². The molecule has 10 heteroatoms. The highest BCUT2D eigenvalue weighted by molar-refractivity contribution is 7.99. The number of fused-ring (bicyclic) bond motifs is 1. The fourth-order valence-corrected chi connectivity index (χ4v) is 7.68. The van der Waals surface area contributed by atoms with Gasteiger partial charge in [0.05, 0.1) is 20.3 Å². The molecular formula is C50H53FN2O5S2. The number of aldehydes is 1. The number of unbranched alkanes of at least 4 members (excludes halogenated alkanes) is 1. The summed E-state index contributed by atoms with van der Waals surface area (Å²) in [6.45, 7) is 9.83. The van der Waals surface area contributed by atoms with E-state index < -0.39 is 5.97 Å². The van der Waals surface area contributed by atoms with E-state index in [-0.39, 0.29) is 12.4 Å². The summed E-state index contributed by atoms with van der Waals surface area (Å²) in [5.74, 6) is 1.86. The van der Waals surface area contributed by atoms with E-state index >= 15 is 0 Å². The standard InChI is InChI=1S/C22H23FO4.C18H21NOS.C10H9NS/c1-16(2)22(25)27-14-4-13-26-19-9-7-18(8-10-19)20-11-6-17(5-3-12-24)15-21(20)23;1-3-4-11-21-17-8-5-14(6-9-17)15-7-10-18(20-2)16(12-15)13-19;1-7(11)10-6-8-4-2-3-5-9(8)12-10/h6-12,15H,1,3-5,13-14H2,2H3;5-10,12-13,19H,3-4,11H2,1-2H3;2-6,11H,1H3. The molecule has 60 heavy (non-hydrogen) atoms. The van der Waals surface area contributed by atoms with Crippen molar-refractivity contribution in [3.8, 4) is 33.8 Å². The second kappa shape index (κ2) is 24.9. The lowest BCUT2D eigenvalue weighted by Gasteiger charge is -2.09. The molecule has 0 aliphatic heterocycles. The summed E-state index contributed by atoms with van der Waals surface area (Å²) in [6, 6.07) is 37.0. The molecule has 0 bridgehead atoms. The molecule has 0 saturated carbocycles. The largest absolute Gasteiger partial charge is 0.496 e. The zero-order valence-corrected chi connectivity index (χ0v) is 36.4. The Labute approximate surface area is 361 Å². The predicted molar refractivity (Wildman–Crippen MR) is 248 cm³/mol. The summed E-state index contributed by atoms with van der Waals surface area (Å²) in [5, 5.41) is 16.2. The Morgan fingerprint density at radius 1 is 0.867 bits per heavy atom. The highest BCUT2D eigenvalue weighted by Gasteiger charge is 2.08. The molecule has 6 aromatic rings. The van der Waals surface area contributed by atoms with Gasteiger partial charge >= 0.3 is 5.97 Å². The molecule has 0 radical (unpaired) electrons. The Kier molecular flexibility index (Phi) is 19.5. The van der Waals surface area contributed by atoms with Crippen molar-refractivity contribution in [1.29, 1.82) is 10.8 Å². The fourth-order valence-electron chi connectivity index (χ4n) is 5.71. The number of hydrogen-bond acceptors (Lipinski definition) is 9. The average molecular weight is 845 g/mol. The SMILES string of the molecule is C=C(C)C(=O)OCCCOc1ccc(-c2ccc(CCC=O)cc2F)cc1.CC(=N)c1cc2ccccc2s1.CCCCSc1ccc(-c2ccc(OC)c(C=N)c2)cc1. The zero-order chi connectivity index (χ0) is 43.3. The minimum absolute atomic E-state index is 0.269. The van der Waals surface area contributed by atoms with E-state index in [2.05, 4.69) is 56.0 Å². The number of benzene rings is 5. The van der Waals surface area contributed by atoms with E-state index in [9.17, 15) is 14.0 Å². The molecule has 0 aliphatic rings. The number of hydrogen-bond donors (Lipinski definition) is 2. The number of carbonyl (C=O) groups is 2. The summed E-state index contributed by atoms with van der Waals surface area (Å²) in [5.41, 5.74) is 6.15. The normalized spacial score (nSPS) is 10.3. The molecule has 0 amide bonds. The van der Waals surface area contributed by atoms with Crippen LogP contribution in [-0.2, 0) is 20.7 Å². The summed E-state index contributed by atoms with van der Waals surface area (Å²) in [6.07, 6.45) is 6.15. The maximum Gasteiger partial charge on any atom is 0.333 e. The van der Waals surface area contributed by atoms with Crippen molar-refractivity contribution in [3.63, 3.8) is 0 Å². The number of aryl methyl sites for hydroxylation is 1. The van der Waals surface area contributed by atoms with E-state index in [0.717, 1.165) is 39.2 Å². The van der Waals surface area contributed by atoms with E-state index in [1.54, 1.807) is 55.7 Å². The third-order valence-electron chi connectivity index (χ3n) is 9.02. The van der Waals surface area contributed by atoms with Gasteiger partial charge in [-0.25, -0.2) is 9.18 Å². The van der Waals surface area contributed by atoms with Gasteiger partial charge in [-0.3, -0.25) is 0 Å². The van der Waals surface area contributed by atoms with Crippen molar-refractivity contribution in [2.75, 3.05) is 26.1 Å². The van der Waals surface area contributed by atoms with E-state index in [0.29, 0.717) is 48.5 Å². The van der Waals surface area contributed by atoms with Crippen LogP contribution < -0.4 is 9.47 Å². The van der Waals surface area contributed by atoms with Crippen LogP contribution in [0.25, 0.3) is 32.3 Å². The minimum atomic E-state index is -0.404. The predicted octanol–water partition coefficient (Wildman–Crippen LogP) is 13.1. The topological polar surface area (TPSA) is 110 Å². The lowest BCUT2D eigenvalue weighted by molar-refractivity contribution is -0.139. The van der Waals surface area contributed by atoms with Crippen molar-refractivity contribution < 1.29 is 28.2 Å². The molecule has 6 rings (SSSR count). The number of methoxy groups -OCH3 is 1. The van der Waals surface area contributed by atoms with Crippen LogP contribution in [0.3, 0.4) is 0 Å². The van der Waals surface area contributed by atoms with Crippen LogP contribution in [0, 0.1) is 16.6 Å². The van der Waals surface area contributed by atoms with Crippen LogP contribution in [0.1, 0.15) is 62.5 Å². The Bertz CT molecular complexity index is 2310. The van der Waals surface area contributed by atoms with Crippen LogP contribution in [0.5, 0.6) is 11.5 Å². The number of nitrogens with one attached hydrogen (secondary N) is 2. The third-order valence-corrected chi connectivity index (χ3v) is 11.4. The van der Waals surface area contributed by atoms with Crippen LogP contribution in [0.4, 0.5) is 4.39 Å².